The van der Waals surface area contributed by atoms with Gasteiger partial charge in [-0.15, -0.1) is 0 Å². The fourth-order valence-corrected chi connectivity index (χ4v) is 5.52. The predicted molar refractivity (Wildman–Crippen MR) is 152 cm³/mol. The molecule has 0 amide bonds. The molecular weight excluding hydrogens is 536 g/mol. The number of carboxylic acid groups (broad SMARTS) is 1. The molecule has 2 fully saturated rings. The van der Waals surface area contributed by atoms with Crippen molar-refractivity contribution in [3.8, 4) is 17.7 Å². The van der Waals surface area contributed by atoms with Crippen molar-refractivity contribution in [1.29, 1.82) is 5.26 Å². The van der Waals surface area contributed by atoms with Gasteiger partial charge in [-0.05, 0) is 62.7 Å². The molecule has 3 aromatic heterocycles. The molecule has 0 bridgehead atoms. The van der Waals surface area contributed by atoms with E-state index in [9.17, 15) is 9.90 Å². The molecule has 1 aromatic carbocycles. The lowest BCUT2D eigenvalue weighted by Gasteiger charge is -2.32. The highest BCUT2D eigenvalue weighted by molar-refractivity contribution is 5.95. The van der Waals surface area contributed by atoms with Crippen molar-refractivity contribution in [3.05, 3.63) is 77.0 Å². The van der Waals surface area contributed by atoms with Crippen LogP contribution in [0.2, 0.25) is 0 Å². The van der Waals surface area contributed by atoms with Gasteiger partial charge in [-0.2, -0.15) is 5.26 Å². The van der Waals surface area contributed by atoms with Crippen LogP contribution in [0.3, 0.4) is 0 Å². The summed E-state index contributed by atoms with van der Waals surface area (Å²) >= 11 is 0. The number of aromatic nitrogens is 4. The number of imidazole rings is 1. The number of hydrogen-bond acceptors (Lipinski definition) is 9. The van der Waals surface area contributed by atoms with Gasteiger partial charge in [0.2, 0.25) is 5.88 Å². The van der Waals surface area contributed by atoms with Crippen molar-refractivity contribution >= 4 is 17.0 Å². The summed E-state index contributed by atoms with van der Waals surface area (Å²) in [5.41, 5.74) is 3.87. The summed E-state index contributed by atoms with van der Waals surface area (Å²) in [5, 5.41) is 18.6. The highest BCUT2D eigenvalue weighted by Crippen LogP contribution is 2.32. The Balaban J connectivity index is 1.13. The molecular formula is C31H32N6O5. The molecule has 216 valence electrons. The van der Waals surface area contributed by atoms with Gasteiger partial charge in [0, 0.05) is 30.5 Å². The number of nitriles is 1. The Hall–Kier alpha value is -4.53. The molecule has 11 heteroatoms. The molecule has 5 heterocycles. The van der Waals surface area contributed by atoms with E-state index in [1.165, 1.54) is 19.4 Å². The lowest BCUT2D eigenvalue weighted by atomic mass is 9.93. The maximum atomic E-state index is 11.8. The highest BCUT2D eigenvalue weighted by atomic mass is 16.5. The Morgan fingerprint density at radius 2 is 2.00 bits per heavy atom. The van der Waals surface area contributed by atoms with Gasteiger partial charge in [-0.25, -0.2) is 14.8 Å². The number of aromatic carboxylic acids is 1. The number of rotatable bonds is 10. The van der Waals surface area contributed by atoms with Gasteiger partial charge in [-0.1, -0.05) is 6.07 Å². The van der Waals surface area contributed by atoms with Crippen LogP contribution in [0.15, 0.2) is 48.7 Å². The van der Waals surface area contributed by atoms with Crippen LogP contribution in [-0.2, 0) is 24.4 Å². The molecule has 0 spiro atoms. The number of hydrogen-bond donors (Lipinski definition) is 1. The van der Waals surface area contributed by atoms with Gasteiger partial charge in [-0.3, -0.25) is 9.88 Å². The fraction of sp³-hybridized carbons (Fsp3) is 0.387. The summed E-state index contributed by atoms with van der Waals surface area (Å²) in [6.07, 6.45) is 4.51. The molecule has 1 N–H and O–H groups in total. The van der Waals surface area contributed by atoms with E-state index >= 15 is 0 Å². The number of methoxy groups -OCH3 is 1. The monoisotopic (exact) mass is 568 g/mol. The maximum absolute atomic E-state index is 11.8. The Labute approximate surface area is 243 Å². The van der Waals surface area contributed by atoms with Crippen molar-refractivity contribution < 1.29 is 24.1 Å². The number of nitrogens with zero attached hydrogens (tertiary/aromatic N) is 6. The molecule has 0 radical (unpaired) electrons. The van der Waals surface area contributed by atoms with E-state index in [4.69, 9.17) is 29.4 Å². The average Bonchev–Trinajstić information content (AvgIpc) is 3.34. The normalized spacial score (nSPS) is 17.5. The van der Waals surface area contributed by atoms with Crippen LogP contribution in [0.1, 0.15) is 58.3 Å². The van der Waals surface area contributed by atoms with Gasteiger partial charge in [0.05, 0.1) is 48.6 Å². The largest absolute Gasteiger partial charge is 0.494 e. The molecule has 4 aromatic rings. The number of fused-ring (bicyclic) bond motifs is 1. The summed E-state index contributed by atoms with van der Waals surface area (Å²) in [6.45, 7) is 4.07. The first-order chi connectivity index (χ1) is 20.5. The average molecular weight is 569 g/mol. The molecule has 11 nitrogen and oxygen atoms in total. The van der Waals surface area contributed by atoms with E-state index < -0.39 is 5.97 Å². The third-order valence-corrected chi connectivity index (χ3v) is 7.98. The van der Waals surface area contributed by atoms with Gasteiger partial charge in [0.1, 0.15) is 29.8 Å². The molecule has 6 rings (SSSR count). The topological polar surface area (TPSA) is 136 Å². The van der Waals surface area contributed by atoms with E-state index in [1.807, 2.05) is 12.1 Å². The second kappa shape index (κ2) is 12.1. The molecule has 0 aliphatic carbocycles. The molecule has 1 atom stereocenters. The standard InChI is InChI=1S/C31H32N6O5/c1-40-27-14-22(31(38)39)13-26-30(27)35-28(37(26)17-24-9-12-41-24)18-36-10-7-21(8-11-36)25-3-2-4-29(34-25)42-19-23-6-5-20(15-32)16-33-23/h2-6,13-14,16,21,24H,7-12,17-19H2,1H3,(H,38,39)/t24-/m0/s1. The lowest BCUT2D eigenvalue weighted by Crippen LogP contribution is -2.35. The van der Waals surface area contributed by atoms with Crippen molar-refractivity contribution in [2.24, 2.45) is 0 Å². The van der Waals surface area contributed by atoms with Crippen LogP contribution >= 0.6 is 0 Å². The number of pyridine rings is 2. The van der Waals surface area contributed by atoms with Crippen molar-refractivity contribution in [1.82, 2.24) is 24.4 Å². The lowest BCUT2D eigenvalue weighted by molar-refractivity contribution is -0.0592. The SMILES string of the molecule is COc1cc(C(=O)O)cc2c1nc(CN1CCC(c3cccc(OCc4ccc(C#N)cn4)n3)CC1)n2C[C@@H]1CCO1. The van der Waals surface area contributed by atoms with Crippen molar-refractivity contribution in [3.63, 3.8) is 0 Å². The first-order valence-corrected chi connectivity index (χ1v) is 14.1. The van der Waals surface area contributed by atoms with Gasteiger partial charge >= 0.3 is 5.97 Å². The minimum Gasteiger partial charge on any atom is -0.494 e. The zero-order valence-electron chi connectivity index (χ0n) is 23.4. The van der Waals surface area contributed by atoms with Crippen molar-refractivity contribution in [2.75, 3.05) is 26.8 Å². The van der Waals surface area contributed by atoms with Crippen LogP contribution in [0, 0.1) is 11.3 Å². The van der Waals surface area contributed by atoms with E-state index in [0.29, 0.717) is 41.7 Å². The second-order valence-corrected chi connectivity index (χ2v) is 10.7. The van der Waals surface area contributed by atoms with Crippen LogP contribution in [0.25, 0.3) is 11.0 Å². The highest BCUT2D eigenvalue weighted by Gasteiger charge is 2.27. The second-order valence-electron chi connectivity index (χ2n) is 10.7. The molecule has 0 unspecified atom stereocenters. The van der Waals surface area contributed by atoms with E-state index in [1.54, 1.807) is 18.2 Å². The third-order valence-electron chi connectivity index (χ3n) is 7.98. The number of carboxylic acids is 1. The minimum atomic E-state index is -1.000. The van der Waals surface area contributed by atoms with Crippen LogP contribution in [0.5, 0.6) is 11.6 Å². The summed E-state index contributed by atoms with van der Waals surface area (Å²) in [6, 6.07) is 14.7. The zero-order chi connectivity index (χ0) is 29.1. The smallest absolute Gasteiger partial charge is 0.335 e. The Morgan fingerprint density at radius 3 is 2.67 bits per heavy atom. The number of benzene rings is 1. The molecule has 2 saturated heterocycles. The first-order valence-electron chi connectivity index (χ1n) is 14.1. The van der Waals surface area contributed by atoms with Gasteiger partial charge in [0.15, 0.2) is 0 Å². The zero-order valence-corrected chi connectivity index (χ0v) is 23.4. The minimum absolute atomic E-state index is 0.0969. The maximum Gasteiger partial charge on any atom is 0.335 e. The summed E-state index contributed by atoms with van der Waals surface area (Å²) in [7, 11) is 1.54. The quantitative estimate of drug-likeness (QED) is 0.297. The number of piperidine rings is 1. The van der Waals surface area contributed by atoms with Crippen LogP contribution < -0.4 is 9.47 Å². The van der Waals surface area contributed by atoms with E-state index in [0.717, 1.165) is 61.7 Å². The van der Waals surface area contributed by atoms with E-state index in [2.05, 4.69) is 26.6 Å². The van der Waals surface area contributed by atoms with Gasteiger partial charge in [0.25, 0.3) is 0 Å². The van der Waals surface area contributed by atoms with Gasteiger partial charge < -0.3 is 23.9 Å². The van der Waals surface area contributed by atoms with Crippen LogP contribution in [-0.4, -0.2) is 68.4 Å². The Morgan fingerprint density at radius 1 is 1.17 bits per heavy atom. The third kappa shape index (κ3) is 5.91. The Bertz CT molecular complexity index is 1620. The molecule has 42 heavy (non-hydrogen) atoms. The number of likely N-dealkylation sites (tertiary alicyclic amines) is 1. The number of ether oxygens (including phenoxy) is 3. The molecule has 2 aliphatic heterocycles. The summed E-state index contributed by atoms with van der Waals surface area (Å²) in [5.74, 6) is 1.22. The fourth-order valence-electron chi connectivity index (χ4n) is 5.52. The summed E-state index contributed by atoms with van der Waals surface area (Å²) < 4.78 is 19.2. The van der Waals surface area contributed by atoms with Crippen molar-refractivity contribution in [2.45, 2.75) is 51.0 Å². The molecule has 2 aliphatic rings. The first kappa shape index (κ1) is 27.6. The Kier molecular flexibility index (Phi) is 7.99. The number of carbonyl (C=O) groups is 1. The summed E-state index contributed by atoms with van der Waals surface area (Å²) in [4.78, 5) is 28.1. The predicted octanol–water partition coefficient (Wildman–Crippen LogP) is 4.15. The van der Waals surface area contributed by atoms with E-state index in [-0.39, 0.29) is 18.3 Å². The molecule has 0 saturated carbocycles. The van der Waals surface area contributed by atoms with Crippen LogP contribution in [0.4, 0.5) is 0 Å².